The second-order valence-corrected chi connectivity index (χ2v) is 9.43. The van der Waals surface area contributed by atoms with E-state index < -0.39 is 12.0 Å². The van der Waals surface area contributed by atoms with Crippen LogP contribution >= 0.6 is 23.2 Å². The van der Waals surface area contributed by atoms with Crippen molar-refractivity contribution in [3.63, 3.8) is 0 Å². The molecule has 192 valence electrons. The number of urea groups is 1. The smallest absolute Gasteiger partial charge is 0.338 e. The van der Waals surface area contributed by atoms with Gasteiger partial charge in [-0.15, -0.1) is 0 Å². The average Bonchev–Trinajstić information content (AvgIpc) is 3.28. The molecule has 1 saturated heterocycles. The fraction of sp³-hybridized carbons (Fsp3) is 0.400. The van der Waals surface area contributed by atoms with Crippen molar-refractivity contribution >= 4 is 41.1 Å². The van der Waals surface area contributed by atoms with Crippen LogP contribution in [0.3, 0.4) is 0 Å². The van der Waals surface area contributed by atoms with Crippen molar-refractivity contribution in [3.8, 4) is 0 Å². The summed E-state index contributed by atoms with van der Waals surface area (Å²) in [6.45, 7) is 4.55. The lowest BCUT2D eigenvalue weighted by Crippen LogP contribution is -2.49. The van der Waals surface area contributed by atoms with E-state index in [9.17, 15) is 14.4 Å². The summed E-state index contributed by atoms with van der Waals surface area (Å²) in [5.41, 5.74) is 1.39. The number of hydrogen-bond donors (Lipinski definition) is 1. The molecule has 0 aliphatic carbocycles. The Labute approximate surface area is 219 Å². The number of esters is 1. The summed E-state index contributed by atoms with van der Waals surface area (Å²) in [5.74, 6) is -0.373. The second-order valence-electron chi connectivity index (χ2n) is 8.59. The highest BCUT2D eigenvalue weighted by atomic mass is 35.5. The molecule has 2 aliphatic rings. The molecule has 0 saturated carbocycles. The monoisotopic (exact) mass is 534 g/mol. The van der Waals surface area contributed by atoms with Crippen LogP contribution in [0.25, 0.3) is 0 Å². The first-order valence-corrected chi connectivity index (χ1v) is 12.5. The van der Waals surface area contributed by atoms with Crippen LogP contribution < -0.4 is 5.32 Å². The van der Waals surface area contributed by atoms with E-state index in [1.807, 2.05) is 0 Å². The molecule has 4 rings (SSSR count). The molecule has 1 aromatic heterocycles. The fourth-order valence-corrected chi connectivity index (χ4v) is 4.98. The lowest BCUT2D eigenvalue weighted by Gasteiger charge is -2.37. The maximum atomic E-state index is 13.2. The summed E-state index contributed by atoms with van der Waals surface area (Å²) >= 11 is 12.5. The standard InChI is InChI=1S/C25H28Cl2N4O5/c1-3-35-24(33)21-19(29(2)25(34)28-22(21)17-8-7-16(26)14-18(17)27)15-30-9-5-10-31(12-11-30)23(32)20-6-4-13-36-20/h4,6-8,13-14,22H,3,5,9-12,15H2,1-2H3,(H,28,34). The SMILES string of the molecule is CCOC(=O)C1=C(CN2CCCN(C(=O)c3ccco3)CC2)N(C)C(=O)NC1c1ccc(Cl)cc1Cl. The van der Waals surface area contributed by atoms with Crippen molar-refractivity contribution in [1.82, 2.24) is 20.0 Å². The number of benzene rings is 1. The van der Waals surface area contributed by atoms with Crippen LogP contribution in [0.2, 0.25) is 10.0 Å². The number of nitrogens with zero attached hydrogens (tertiary/aromatic N) is 3. The molecule has 0 spiro atoms. The number of rotatable bonds is 6. The maximum Gasteiger partial charge on any atom is 0.338 e. The van der Waals surface area contributed by atoms with Crippen LogP contribution in [0.4, 0.5) is 4.79 Å². The third-order valence-corrected chi connectivity index (χ3v) is 6.89. The molecule has 1 atom stereocenters. The normalized spacial score (nSPS) is 19.2. The van der Waals surface area contributed by atoms with Crippen LogP contribution in [0, 0.1) is 0 Å². The third kappa shape index (κ3) is 5.53. The highest BCUT2D eigenvalue weighted by Gasteiger charge is 2.38. The molecule has 0 bridgehead atoms. The minimum atomic E-state index is -0.795. The second kappa shape index (κ2) is 11.4. The Bertz CT molecular complexity index is 1170. The predicted octanol–water partition coefficient (Wildman–Crippen LogP) is 3.95. The molecule has 2 aromatic rings. The van der Waals surface area contributed by atoms with Crippen molar-refractivity contribution < 1.29 is 23.5 Å². The van der Waals surface area contributed by atoms with Gasteiger partial charge in [-0.05, 0) is 43.2 Å². The molecule has 2 aliphatic heterocycles. The number of likely N-dealkylation sites (N-methyl/N-ethyl adjacent to an activating group) is 1. The lowest BCUT2D eigenvalue weighted by molar-refractivity contribution is -0.139. The summed E-state index contributed by atoms with van der Waals surface area (Å²) in [7, 11) is 1.62. The molecule has 1 N–H and O–H groups in total. The molecule has 1 aromatic carbocycles. The first-order valence-electron chi connectivity index (χ1n) is 11.7. The van der Waals surface area contributed by atoms with Gasteiger partial charge in [-0.3, -0.25) is 14.6 Å². The number of furan rings is 1. The first-order chi connectivity index (χ1) is 17.3. The number of halogens is 2. The largest absolute Gasteiger partial charge is 0.463 e. The Kier molecular flexibility index (Phi) is 8.23. The van der Waals surface area contributed by atoms with Gasteiger partial charge in [0.25, 0.3) is 5.91 Å². The van der Waals surface area contributed by atoms with Crippen LogP contribution in [-0.2, 0) is 9.53 Å². The van der Waals surface area contributed by atoms with E-state index in [0.717, 1.165) is 6.42 Å². The molecular weight excluding hydrogens is 507 g/mol. The van der Waals surface area contributed by atoms with E-state index in [0.29, 0.717) is 65.4 Å². The van der Waals surface area contributed by atoms with E-state index in [2.05, 4.69) is 10.2 Å². The molecule has 3 heterocycles. The minimum Gasteiger partial charge on any atom is -0.463 e. The number of hydrogen-bond acceptors (Lipinski definition) is 6. The Morgan fingerprint density at radius 3 is 2.67 bits per heavy atom. The Hall–Kier alpha value is -3.01. The fourth-order valence-electron chi connectivity index (χ4n) is 4.47. The topological polar surface area (TPSA) is 95.3 Å². The van der Waals surface area contributed by atoms with Crippen LogP contribution in [0.15, 0.2) is 52.3 Å². The number of carbonyl (C=O) groups excluding carboxylic acids is 3. The Morgan fingerprint density at radius 1 is 1.17 bits per heavy atom. The van der Waals surface area contributed by atoms with Crippen molar-refractivity contribution in [1.29, 1.82) is 0 Å². The highest BCUT2D eigenvalue weighted by Crippen LogP contribution is 2.36. The van der Waals surface area contributed by atoms with Gasteiger partial charge in [0.05, 0.1) is 24.5 Å². The molecule has 9 nitrogen and oxygen atoms in total. The number of amides is 3. The van der Waals surface area contributed by atoms with E-state index in [-0.39, 0.29) is 18.5 Å². The molecule has 3 amide bonds. The van der Waals surface area contributed by atoms with E-state index >= 15 is 0 Å². The van der Waals surface area contributed by atoms with Crippen molar-refractivity contribution in [3.05, 3.63) is 69.2 Å². The van der Waals surface area contributed by atoms with Gasteiger partial charge < -0.3 is 19.4 Å². The summed E-state index contributed by atoms with van der Waals surface area (Å²) in [5, 5.41) is 3.65. The van der Waals surface area contributed by atoms with Crippen molar-refractivity contribution in [2.75, 3.05) is 46.4 Å². The van der Waals surface area contributed by atoms with E-state index in [4.69, 9.17) is 32.4 Å². The van der Waals surface area contributed by atoms with Gasteiger partial charge in [0.2, 0.25) is 0 Å². The van der Waals surface area contributed by atoms with Crippen molar-refractivity contribution in [2.45, 2.75) is 19.4 Å². The maximum absolute atomic E-state index is 13.2. The van der Waals surface area contributed by atoms with Gasteiger partial charge in [-0.25, -0.2) is 9.59 Å². The Balaban J connectivity index is 1.63. The quantitative estimate of drug-likeness (QED) is 0.563. The molecule has 0 radical (unpaired) electrons. The summed E-state index contributed by atoms with van der Waals surface area (Å²) in [4.78, 5) is 44.2. The average molecular weight is 535 g/mol. The van der Waals surface area contributed by atoms with Gasteiger partial charge in [-0.2, -0.15) is 0 Å². The molecule has 1 fully saturated rings. The van der Waals surface area contributed by atoms with Gasteiger partial charge in [0.15, 0.2) is 5.76 Å². The van der Waals surface area contributed by atoms with Gasteiger partial charge in [0.1, 0.15) is 0 Å². The zero-order valence-electron chi connectivity index (χ0n) is 20.1. The van der Waals surface area contributed by atoms with Crippen LogP contribution in [0.5, 0.6) is 0 Å². The summed E-state index contributed by atoms with van der Waals surface area (Å²) < 4.78 is 10.7. The van der Waals surface area contributed by atoms with E-state index in [1.165, 1.54) is 11.2 Å². The first kappa shape index (κ1) is 26.1. The van der Waals surface area contributed by atoms with Gasteiger partial charge in [0, 0.05) is 55.5 Å². The molecule has 36 heavy (non-hydrogen) atoms. The molecular formula is C25H28Cl2N4O5. The van der Waals surface area contributed by atoms with Gasteiger partial charge >= 0.3 is 12.0 Å². The third-order valence-electron chi connectivity index (χ3n) is 6.33. The lowest BCUT2D eigenvalue weighted by atomic mass is 9.94. The van der Waals surface area contributed by atoms with Crippen LogP contribution in [-0.4, -0.2) is 79.0 Å². The predicted molar refractivity (Wildman–Crippen MR) is 135 cm³/mol. The molecule has 1 unspecified atom stereocenters. The minimum absolute atomic E-state index is 0.153. The van der Waals surface area contributed by atoms with Gasteiger partial charge in [-0.1, -0.05) is 29.3 Å². The molecule has 11 heteroatoms. The van der Waals surface area contributed by atoms with Crippen molar-refractivity contribution in [2.24, 2.45) is 0 Å². The summed E-state index contributed by atoms with van der Waals surface area (Å²) in [6.07, 6.45) is 2.21. The van der Waals surface area contributed by atoms with Crippen LogP contribution in [0.1, 0.15) is 35.5 Å². The zero-order valence-corrected chi connectivity index (χ0v) is 21.6. The number of nitrogens with one attached hydrogen (secondary N) is 1. The zero-order chi connectivity index (χ0) is 25.8. The number of carbonyl (C=O) groups is 3. The van der Waals surface area contributed by atoms with E-state index in [1.54, 1.807) is 49.2 Å². The summed E-state index contributed by atoms with van der Waals surface area (Å²) in [6, 6.07) is 7.12. The highest BCUT2D eigenvalue weighted by molar-refractivity contribution is 6.35. The Morgan fingerprint density at radius 2 is 1.97 bits per heavy atom. The number of ether oxygens (including phenoxy) is 1.